The number of sulfonamides is 1. The first kappa shape index (κ1) is 25.0. The fraction of sp³-hybridized carbons (Fsp3) is 0.231. The molecule has 0 saturated heterocycles. The Balaban J connectivity index is 1.75. The van der Waals surface area contributed by atoms with Crippen molar-refractivity contribution in [3.63, 3.8) is 0 Å². The molecule has 0 aliphatic heterocycles. The molecular weight excluding hydrogens is 450 g/mol. The molecule has 0 aromatic heterocycles. The van der Waals surface area contributed by atoms with E-state index in [4.69, 9.17) is 0 Å². The Morgan fingerprint density at radius 3 is 2.12 bits per heavy atom. The largest absolute Gasteiger partial charge is 0.350 e. The molecule has 0 aliphatic carbocycles. The average molecular weight is 480 g/mol. The first-order valence-electron chi connectivity index (χ1n) is 11.0. The second kappa shape index (κ2) is 11.0. The zero-order valence-corrected chi connectivity index (χ0v) is 20.3. The van der Waals surface area contributed by atoms with Crippen molar-refractivity contribution < 1.29 is 18.0 Å². The van der Waals surface area contributed by atoms with Gasteiger partial charge in [0.15, 0.2) is 0 Å². The minimum absolute atomic E-state index is 0.0196. The quantitative estimate of drug-likeness (QED) is 0.475. The van der Waals surface area contributed by atoms with Gasteiger partial charge in [-0.25, -0.2) is 8.42 Å². The summed E-state index contributed by atoms with van der Waals surface area (Å²) in [5.41, 5.74) is 2.51. The number of nitrogens with zero attached hydrogens (tertiary/aromatic N) is 1. The summed E-state index contributed by atoms with van der Waals surface area (Å²) in [6.07, 6.45) is 1.96. The molecule has 3 rings (SSSR count). The van der Waals surface area contributed by atoms with Crippen LogP contribution in [0.3, 0.4) is 0 Å². The van der Waals surface area contributed by atoms with Crippen LogP contribution in [0.25, 0.3) is 0 Å². The zero-order valence-electron chi connectivity index (χ0n) is 19.5. The molecule has 0 unspecified atom stereocenters. The van der Waals surface area contributed by atoms with Crippen LogP contribution in [-0.4, -0.2) is 32.5 Å². The van der Waals surface area contributed by atoms with Crippen molar-refractivity contribution in [2.45, 2.75) is 32.9 Å². The average Bonchev–Trinajstić information content (AvgIpc) is 2.82. The lowest BCUT2D eigenvalue weighted by Crippen LogP contribution is -2.32. The predicted octanol–water partition coefficient (Wildman–Crippen LogP) is 4.43. The van der Waals surface area contributed by atoms with Crippen molar-refractivity contribution in [1.29, 1.82) is 0 Å². The molecule has 0 bridgehead atoms. The van der Waals surface area contributed by atoms with Crippen molar-refractivity contribution in [2.75, 3.05) is 15.9 Å². The molecule has 0 spiro atoms. The highest BCUT2D eigenvalue weighted by Crippen LogP contribution is 2.21. The van der Waals surface area contributed by atoms with Gasteiger partial charge in [-0.05, 0) is 55.3 Å². The number of para-hydroxylation sites is 2. The van der Waals surface area contributed by atoms with Gasteiger partial charge in [0.25, 0.3) is 11.8 Å². The monoisotopic (exact) mass is 479 g/mol. The van der Waals surface area contributed by atoms with Crippen LogP contribution in [0.15, 0.2) is 78.9 Å². The van der Waals surface area contributed by atoms with Gasteiger partial charge < -0.3 is 10.6 Å². The lowest BCUT2D eigenvalue weighted by molar-refractivity contribution is 0.0940. The van der Waals surface area contributed by atoms with E-state index >= 15 is 0 Å². The number of carbonyl (C=O) groups excluding carboxylic acids is 2. The first-order valence-corrected chi connectivity index (χ1v) is 12.9. The van der Waals surface area contributed by atoms with Crippen LogP contribution >= 0.6 is 0 Å². The Morgan fingerprint density at radius 1 is 0.882 bits per heavy atom. The molecule has 34 heavy (non-hydrogen) atoms. The third-order valence-electron chi connectivity index (χ3n) is 5.40. The number of rotatable bonds is 9. The van der Waals surface area contributed by atoms with Gasteiger partial charge in [0, 0.05) is 11.6 Å². The van der Waals surface area contributed by atoms with Crippen LogP contribution in [0.1, 0.15) is 46.5 Å². The van der Waals surface area contributed by atoms with E-state index in [0.717, 1.165) is 18.2 Å². The van der Waals surface area contributed by atoms with Crippen molar-refractivity contribution in [3.05, 3.63) is 95.6 Å². The van der Waals surface area contributed by atoms with Gasteiger partial charge in [0.2, 0.25) is 10.0 Å². The number of nitrogens with one attached hydrogen (secondary N) is 2. The van der Waals surface area contributed by atoms with Gasteiger partial charge in [0.1, 0.15) is 0 Å². The zero-order chi connectivity index (χ0) is 24.7. The molecule has 178 valence electrons. The number of amides is 2. The summed E-state index contributed by atoms with van der Waals surface area (Å²) in [6, 6.07) is 22.4. The fourth-order valence-electron chi connectivity index (χ4n) is 3.31. The smallest absolute Gasteiger partial charge is 0.255 e. The Kier molecular flexibility index (Phi) is 8.07. The Labute approximate surface area is 200 Å². The summed E-state index contributed by atoms with van der Waals surface area (Å²) in [6.45, 7) is 4.05. The maximum Gasteiger partial charge on any atom is 0.255 e. The highest BCUT2D eigenvalue weighted by Gasteiger charge is 2.18. The lowest BCUT2D eigenvalue weighted by Gasteiger charge is -2.22. The molecule has 1 atom stereocenters. The van der Waals surface area contributed by atoms with E-state index in [2.05, 4.69) is 10.6 Å². The Bertz CT molecular complexity index is 1240. The van der Waals surface area contributed by atoms with E-state index in [0.29, 0.717) is 22.5 Å². The molecule has 3 aromatic carbocycles. The molecule has 0 heterocycles. The van der Waals surface area contributed by atoms with E-state index in [1.54, 1.807) is 72.8 Å². The molecular formula is C26H29N3O4S. The topological polar surface area (TPSA) is 95.6 Å². The molecule has 0 fully saturated rings. The van der Waals surface area contributed by atoms with E-state index in [1.165, 1.54) is 4.31 Å². The van der Waals surface area contributed by atoms with E-state index in [9.17, 15) is 18.0 Å². The van der Waals surface area contributed by atoms with Crippen LogP contribution < -0.4 is 14.9 Å². The fourth-order valence-corrected chi connectivity index (χ4v) is 4.20. The van der Waals surface area contributed by atoms with Gasteiger partial charge in [-0.15, -0.1) is 0 Å². The summed E-state index contributed by atoms with van der Waals surface area (Å²) in [7, 11) is -3.49. The first-order chi connectivity index (χ1) is 16.2. The minimum Gasteiger partial charge on any atom is -0.350 e. The van der Waals surface area contributed by atoms with Crippen LogP contribution in [0.4, 0.5) is 11.4 Å². The molecule has 0 saturated carbocycles. The second-order valence-electron chi connectivity index (χ2n) is 8.08. The Hall–Kier alpha value is -3.65. The predicted molar refractivity (Wildman–Crippen MR) is 136 cm³/mol. The minimum atomic E-state index is -3.49. The van der Waals surface area contributed by atoms with E-state index in [1.807, 2.05) is 19.9 Å². The number of hydrogen-bond acceptors (Lipinski definition) is 4. The summed E-state index contributed by atoms with van der Waals surface area (Å²) < 4.78 is 25.9. The number of carbonyl (C=O) groups is 2. The summed E-state index contributed by atoms with van der Waals surface area (Å²) >= 11 is 0. The maximum atomic E-state index is 12.8. The summed E-state index contributed by atoms with van der Waals surface area (Å²) in [4.78, 5) is 25.4. The molecule has 2 N–H and O–H groups in total. The normalized spacial score (nSPS) is 12.0. The summed E-state index contributed by atoms with van der Waals surface area (Å²) in [5, 5.41) is 5.71. The molecule has 7 nitrogen and oxygen atoms in total. The van der Waals surface area contributed by atoms with Gasteiger partial charge in [0.05, 0.1) is 29.7 Å². The van der Waals surface area contributed by atoms with Gasteiger partial charge in [-0.2, -0.15) is 0 Å². The van der Waals surface area contributed by atoms with Crippen molar-refractivity contribution in [3.8, 4) is 0 Å². The van der Waals surface area contributed by atoms with Crippen molar-refractivity contribution in [2.24, 2.45) is 0 Å². The van der Waals surface area contributed by atoms with Gasteiger partial charge >= 0.3 is 0 Å². The molecule has 8 heteroatoms. The maximum absolute atomic E-state index is 12.8. The molecule has 0 aliphatic rings. The SMILES string of the molecule is CC[C@@H](C)NC(=O)c1ccccc1NC(=O)c1ccc(CN(c2ccccc2)S(C)(=O)=O)cc1. The van der Waals surface area contributed by atoms with Crippen LogP contribution in [-0.2, 0) is 16.6 Å². The highest BCUT2D eigenvalue weighted by molar-refractivity contribution is 7.92. The highest BCUT2D eigenvalue weighted by atomic mass is 32.2. The molecule has 2 amide bonds. The van der Waals surface area contributed by atoms with E-state index < -0.39 is 10.0 Å². The lowest BCUT2D eigenvalue weighted by atomic mass is 10.1. The summed E-state index contributed by atoms with van der Waals surface area (Å²) in [5.74, 6) is -0.610. The number of hydrogen-bond donors (Lipinski definition) is 2. The van der Waals surface area contributed by atoms with Crippen LogP contribution in [0.5, 0.6) is 0 Å². The van der Waals surface area contributed by atoms with E-state index in [-0.39, 0.29) is 24.4 Å². The van der Waals surface area contributed by atoms with Crippen LogP contribution in [0.2, 0.25) is 0 Å². The molecule has 0 radical (unpaired) electrons. The van der Waals surface area contributed by atoms with Crippen molar-refractivity contribution in [1.82, 2.24) is 5.32 Å². The molecule has 3 aromatic rings. The van der Waals surface area contributed by atoms with Crippen molar-refractivity contribution >= 4 is 33.2 Å². The van der Waals surface area contributed by atoms with Gasteiger partial charge in [-0.3, -0.25) is 13.9 Å². The third kappa shape index (κ3) is 6.45. The standard InChI is InChI=1S/C26H29N3O4S/c1-4-19(2)27-26(31)23-12-8-9-13-24(23)28-25(30)21-16-14-20(15-17-21)18-29(34(3,32)33)22-10-6-5-7-11-22/h5-17,19H,4,18H2,1-3H3,(H,27,31)(H,28,30)/t19-/m1/s1. The number of anilines is 2. The van der Waals surface area contributed by atoms with Gasteiger partial charge in [-0.1, -0.05) is 49.4 Å². The number of benzene rings is 3. The van der Waals surface area contributed by atoms with Crippen LogP contribution in [0, 0.1) is 0 Å². The Morgan fingerprint density at radius 2 is 1.50 bits per heavy atom. The third-order valence-corrected chi connectivity index (χ3v) is 6.54. The second-order valence-corrected chi connectivity index (χ2v) is 9.99.